The van der Waals surface area contributed by atoms with Crippen molar-refractivity contribution in [1.82, 2.24) is 0 Å². The van der Waals surface area contributed by atoms with Crippen LogP contribution in [-0.4, -0.2) is 29.6 Å². The molecular weight excluding hydrogens is 306 g/mol. The first-order valence-electron chi connectivity index (χ1n) is 8.41. The van der Waals surface area contributed by atoms with Crippen LogP contribution in [0.2, 0.25) is 0 Å². The third kappa shape index (κ3) is 1.91. The highest BCUT2D eigenvalue weighted by atomic mass is 16.5. The summed E-state index contributed by atoms with van der Waals surface area (Å²) in [6, 6.07) is 7.13. The lowest BCUT2D eigenvalue weighted by Crippen LogP contribution is -2.39. The highest BCUT2D eigenvalue weighted by molar-refractivity contribution is 6.23. The molecule has 3 aliphatic heterocycles. The van der Waals surface area contributed by atoms with Gasteiger partial charge in [0.25, 0.3) is 0 Å². The summed E-state index contributed by atoms with van der Waals surface area (Å²) < 4.78 is 11.6. The predicted molar refractivity (Wildman–Crippen MR) is 88.7 cm³/mol. The van der Waals surface area contributed by atoms with Crippen molar-refractivity contribution in [3.63, 3.8) is 0 Å². The van der Waals surface area contributed by atoms with E-state index in [4.69, 9.17) is 9.47 Å². The molecule has 4 rings (SSSR count). The van der Waals surface area contributed by atoms with Crippen molar-refractivity contribution in [1.29, 1.82) is 0 Å². The van der Waals surface area contributed by atoms with Crippen molar-refractivity contribution in [2.75, 3.05) is 11.5 Å². The molecule has 2 saturated heterocycles. The number of benzene rings is 1. The molecule has 126 valence electrons. The fourth-order valence-corrected chi connectivity index (χ4v) is 4.20. The van der Waals surface area contributed by atoms with Gasteiger partial charge in [-0.1, -0.05) is 19.1 Å². The molecule has 3 heterocycles. The molecule has 0 N–H and O–H groups in total. The van der Waals surface area contributed by atoms with Gasteiger partial charge in [0, 0.05) is 0 Å². The van der Waals surface area contributed by atoms with Gasteiger partial charge in [-0.15, -0.1) is 0 Å². The van der Waals surface area contributed by atoms with E-state index in [0.717, 1.165) is 12.2 Å². The number of fused-ring (bicyclic) bond motifs is 5. The van der Waals surface area contributed by atoms with E-state index < -0.39 is 23.0 Å². The number of rotatable bonds is 4. The summed E-state index contributed by atoms with van der Waals surface area (Å²) in [7, 11) is 0. The molecule has 24 heavy (non-hydrogen) atoms. The topological polar surface area (TPSA) is 55.8 Å². The molecule has 0 saturated carbocycles. The van der Waals surface area contributed by atoms with Gasteiger partial charge in [0.1, 0.15) is 5.75 Å². The van der Waals surface area contributed by atoms with Gasteiger partial charge < -0.3 is 9.47 Å². The van der Waals surface area contributed by atoms with E-state index in [2.05, 4.69) is 0 Å². The van der Waals surface area contributed by atoms with Gasteiger partial charge in [0.2, 0.25) is 11.8 Å². The zero-order chi connectivity index (χ0) is 17.1. The molecule has 1 aromatic carbocycles. The van der Waals surface area contributed by atoms with E-state index in [1.54, 1.807) is 24.3 Å². The van der Waals surface area contributed by atoms with Gasteiger partial charge >= 0.3 is 0 Å². The van der Waals surface area contributed by atoms with Crippen LogP contribution in [0.3, 0.4) is 0 Å². The van der Waals surface area contributed by atoms with E-state index in [0.29, 0.717) is 12.3 Å². The molecule has 2 fully saturated rings. The Bertz CT molecular complexity index is 704. The van der Waals surface area contributed by atoms with Crippen molar-refractivity contribution >= 4 is 17.5 Å². The van der Waals surface area contributed by atoms with E-state index in [-0.39, 0.29) is 11.8 Å². The highest BCUT2D eigenvalue weighted by Gasteiger charge is 2.70. The van der Waals surface area contributed by atoms with Crippen LogP contribution in [-0.2, 0) is 14.3 Å². The van der Waals surface area contributed by atoms with Crippen molar-refractivity contribution in [2.45, 2.75) is 38.4 Å². The van der Waals surface area contributed by atoms with Gasteiger partial charge in [0.05, 0.1) is 35.3 Å². The Kier molecular flexibility index (Phi) is 3.16. The van der Waals surface area contributed by atoms with Gasteiger partial charge in [-0.3, -0.25) is 9.59 Å². The quantitative estimate of drug-likeness (QED) is 0.630. The normalized spacial score (nSPS) is 36.5. The average Bonchev–Trinajstić information content (AvgIpc) is 3.10. The molecule has 2 bridgehead atoms. The van der Waals surface area contributed by atoms with Crippen molar-refractivity contribution in [2.24, 2.45) is 11.8 Å². The van der Waals surface area contributed by atoms with Crippen LogP contribution in [0.15, 0.2) is 36.4 Å². The molecule has 3 aliphatic rings. The second-order valence-corrected chi connectivity index (χ2v) is 7.11. The van der Waals surface area contributed by atoms with Crippen molar-refractivity contribution in [3.05, 3.63) is 36.4 Å². The summed E-state index contributed by atoms with van der Waals surface area (Å²) in [5, 5.41) is 0. The summed E-state index contributed by atoms with van der Waals surface area (Å²) in [4.78, 5) is 27.2. The van der Waals surface area contributed by atoms with E-state index in [9.17, 15) is 9.59 Å². The Hall–Kier alpha value is -2.14. The Labute approximate surface area is 141 Å². The minimum absolute atomic E-state index is 0.178. The van der Waals surface area contributed by atoms with Crippen molar-refractivity contribution in [3.8, 4) is 5.75 Å². The van der Waals surface area contributed by atoms with Crippen LogP contribution in [0.25, 0.3) is 0 Å². The number of imide groups is 1. The largest absolute Gasteiger partial charge is 0.494 e. The van der Waals surface area contributed by atoms with Crippen molar-refractivity contribution < 1.29 is 19.1 Å². The summed E-state index contributed by atoms with van der Waals surface area (Å²) in [5.41, 5.74) is -0.786. The molecule has 0 spiro atoms. The second-order valence-electron chi connectivity index (χ2n) is 7.11. The number of carbonyl (C=O) groups excluding carboxylic acids is 2. The molecular formula is C19H21NO4. The van der Waals surface area contributed by atoms with Crippen LogP contribution in [0.4, 0.5) is 5.69 Å². The minimum atomic E-state index is -0.689. The standard InChI is InChI=1S/C19H21NO4/c1-4-11-23-13-7-5-12(6-8-13)20-16(21)14-15(17(20)22)19(3)10-9-18(14,2)24-19/h5-10,14-15H,4,11H2,1-3H3/t14-,15+,18-,19-/m0/s1. The first-order valence-corrected chi connectivity index (χ1v) is 8.41. The van der Waals surface area contributed by atoms with Crippen LogP contribution in [0.1, 0.15) is 27.2 Å². The molecule has 0 unspecified atom stereocenters. The SMILES string of the molecule is CCCOc1ccc(N2C(=O)[C@@H]3[C@H](C2=O)[C@]2(C)C=C[C@]3(C)O2)cc1. The summed E-state index contributed by atoms with van der Waals surface area (Å²) >= 11 is 0. The van der Waals surface area contributed by atoms with Crippen LogP contribution in [0, 0.1) is 11.8 Å². The van der Waals surface area contributed by atoms with Gasteiger partial charge in [-0.25, -0.2) is 4.90 Å². The second kappa shape index (κ2) is 4.93. The first kappa shape index (κ1) is 15.4. The molecule has 1 aromatic rings. The minimum Gasteiger partial charge on any atom is -0.494 e. The fraction of sp³-hybridized carbons (Fsp3) is 0.474. The lowest BCUT2D eigenvalue weighted by atomic mass is 9.73. The molecule has 5 nitrogen and oxygen atoms in total. The molecule has 4 atom stereocenters. The van der Waals surface area contributed by atoms with Crippen LogP contribution < -0.4 is 9.64 Å². The number of anilines is 1. The maximum absolute atomic E-state index is 13.0. The summed E-state index contributed by atoms with van der Waals surface area (Å²) in [6.45, 7) is 6.45. The molecule has 2 amide bonds. The number of carbonyl (C=O) groups is 2. The maximum atomic E-state index is 13.0. The Morgan fingerprint density at radius 2 is 1.58 bits per heavy atom. The number of ether oxygens (including phenoxy) is 2. The number of amides is 2. The molecule has 0 radical (unpaired) electrons. The molecule has 0 aromatic heterocycles. The van der Waals surface area contributed by atoms with Crippen LogP contribution in [0.5, 0.6) is 5.75 Å². The van der Waals surface area contributed by atoms with Gasteiger partial charge in [-0.05, 0) is 44.5 Å². The van der Waals surface area contributed by atoms with Gasteiger partial charge in [-0.2, -0.15) is 0 Å². The van der Waals surface area contributed by atoms with Gasteiger partial charge in [0.15, 0.2) is 0 Å². The highest BCUT2D eigenvalue weighted by Crippen LogP contribution is 2.57. The van der Waals surface area contributed by atoms with E-state index >= 15 is 0 Å². The predicted octanol–water partition coefficient (Wildman–Crippen LogP) is 2.70. The maximum Gasteiger partial charge on any atom is 0.241 e. The monoisotopic (exact) mass is 327 g/mol. The zero-order valence-electron chi connectivity index (χ0n) is 14.1. The first-order chi connectivity index (χ1) is 11.4. The molecule has 5 heteroatoms. The zero-order valence-corrected chi connectivity index (χ0v) is 14.1. The van der Waals surface area contributed by atoms with E-state index in [1.807, 2.05) is 32.9 Å². The average molecular weight is 327 g/mol. The fourth-order valence-electron chi connectivity index (χ4n) is 4.20. The number of hydrogen-bond donors (Lipinski definition) is 0. The Morgan fingerprint density at radius 1 is 1.04 bits per heavy atom. The Morgan fingerprint density at radius 3 is 2.08 bits per heavy atom. The van der Waals surface area contributed by atoms with Crippen LogP contribution >= 0.6 is 0 Å². The number of hydrogen-bond acceptors (Lipinski definition) is 4. The van der Waals surface area contributed by atoms with E-state index in [1.165, 1.54) is 4.90 Å². The lowest BCUT2D eigenvalue weighted by molar-refractivity contribution is -0.128. The molecule has 0 aliphatic carbocycles. The number of nitrogens with zero attached hydrogens (tertiary/aromatic N) is 1. The Balaban J connectivity index is 1.64. The third-order valence-electron chi connectivity index (χ3n) is 5.29. The summed E-state index contributed by atoms with van der Waals surface area (Å²) in [6.07, 6.45) is 4.77. The summed E-state index contributed by atoms with van der Waals surface area (Å²) in [5.74, 6) is -0.512. The lowest BCUT2D eigenvalue weighted by Gasteiger charge is -2.25. The third-order valence-corrected chi connectivity index (χ3v) is 5.29. The smallest absolute Gasteiger partial charge is 0.241 e.